The van der Waals surface area contributed by atoms with Gasteiger partial charge in [-0.05, 0) is 30.2 Å². The Bertz CT molecular complexity index is 891. The van der Waals surface area contributed by atoms with Crippen molar-refractivity contribution in [3.8, 4) is 0 Å². The number of anilines is 3. The Morgan fingerprint density at radius 3 is 2.72 bits per heavy atom. The molecule has 0 fully saturated rings. The molecule has 0 spiro atoms. The Kier molecular flexibility index (Phi) is 4.24. The summed E-state index contributed by atoms with van der Waals surface area (Å²) in [6.45, 7) is 3.36. The van der Waals surface area contributed by atoms with E-state index in [1.807, 2.05) is 30.3 Å². The minimum atomic E-state index is -0.0291. The normalized spacial score (nSPS) is 12.9. The Labute approximate surface area is 151 Å². The third-order valence-electron chi connectivity index (χ3n) is 4.40. The highest BCUT2D eigenvalue weighted by molar-refractivity contribution is 7.14. The van der Waals surface area contributed by atoms with Gasteiger partial charge in [0.15, 0.2) is 5.13 Å². The molecule has 2 heterocycles. The number of thiazole rings is 1. The van der Waals surface area contributed by atoms with Gasteiger partial charge in [-0.1, -0.05) is 36.4 Å². The van der Waals surface area contributed by atoms with Gasteiger partial charge in [0, 0.05) is 24.5 Å². The predicted molar refractivity (Wildman–Crippen MR) is 103 cm³/mol. The second-order valence-corrected chi connectivity index (χ2v) is 6.95. The number of carbonyl (C=O) groups excluding carboxylic acids is 1. The fourth-order valence-corrected chi connectivity index (χ4v) is 4.12. The molecule has 4 rings (SSSR count). The van der Waals surface area contributed by atoms with Crippen LogP contribution in [0.3, 0.4) is 0 Å². The average molecular weight is 349 g/mol. The van der Waals surface area contributed by atoms with Crippen molar-refractivity contribution in [3.05, 3.63) is 71.2 Å². The number of benzene rings is 2. The molecule has 1 aliphatic rings. The van der Waals surface area contributed by atoms with Gasteiger partial charge in [-0.15, -0.1) is 11.3 Å². The number of nitrogens with zero attached hydrogens (tertiary/aromatic N) is 3. The molecule has 3 aromatic rings. The van der Waals surface area contributed by atoms with Crippen LogP contribution in [0.2, 0.25) is 0 Å². The van der Waals surface area contributed by atoms with Gasteiger partial charge in [0.1, 0.15) is 0 Å². The Hall–Kier alpha value is -2.66. The number of para-hydroxylation sites is 2. The summed E-state index contributed by atoms with van der Waals surface area (Å²) in [6, 6.07) is 18.2. The summed E-state index contributed by atoms with van der Waals surface area (Å²) in [5.74, 6) is -0.0291. The predicted octanol–water partition coefficient (Wildman–Crippen LogP) is 4.39. The van der Waals surface area contributed by atoms with Crippen molar-refractivity contribution in [2.24, 2.45) is 0 Å². The van der Waals surface area contributed by atoms with E-state index in [0.717, 1.165) is 36.0 Å². The van der Waals surface area contributed by atoms with Crippen LogP contribution in [-0.4, -0.2) is 17.4 Å². The standard InChI is InChI=1S/C20H19N3OS/c1-15(24)23(18-8-3-2-4-9-18)20-21-17(14-25-20)13-22-12-11-16-7-5-6-10-19(16)22/h2-10,14H,11-13H2,1H3. The molecule has 25 heavy (non-hydrogen) atoms. The molecular weight excluding hydrogens is 330 g/mol. The maximum absolute atomic E-state index is 12.1. The molecule has 0 saturated heterocycles. The molecule has 0 aliphatic carbocycles. The number of rotatable bonds is 4. The van der Waals surface area contributed by atoms with Crippen molar-refractivity contribution in [2.45, 2.75) is 19.9 Å². The lowest BCUT2D eigenvalue weighted by molar-refractivity contribution is -0.115. The highest BCUT2D eigenvalue weighted by atomic mass is 32.1. The average Bonchev–Trinajstić information content (AvgIpc) is 3.24. The molecule has 1 aromatic heterocycles. The van der Waals surface area contributed by atoms with Gasteiger partial charge in [-0.25, -0.2) is 4.98 Å². The smallest absolute Gasteiger partial charge is 0.230 e. The topological polar surface area (TPSA) is 36.4 Å². The number of carbonyl (C=O) groups is 1. The lowest BCUT2D eigenvalue weighted by atomic mass is 10.2. The van der Waals surface area contributed by atoms with Crippen LogP contribution in [0.15, 0.2) is 60.0 Å². The number of fused-ring (bicyclic) bond motifs is 1. The van der Waals surface area contributed by atoms with Crippen LogP contribution < -0.4 is 9.80 Å². The van der Waals surface area contributed by atoms with E-state index < -0.39 is 0 Å². The van der Waals surface area contributed by atoms with Crippen LogP contribution >= 0.6 is 11.3 Å². The molecule has 0 N–H and O–H groups in total. The molecule has 0 bridgehead atoms. The highest BCUT2D eigenvalue weighted by Gasteiger charge is 2.21. The molecule has 2 aromatic carbocycles. The molecule has 0 saturated carbocycles. The van der Waals surface area contributed by atoms with Crippen molar-refractivity contribution in [1.29, 1.82) is 0 Å². The third-order valence-corrected chi connectivity index (χ3v) is 5.27. The summed E-state index contributed by atoms with van der Waals surface area (Å²) in [5, 5.41) is 2.77. The quantitative estimate of drug-likeness (QED) is 0.701. The summed E-state index contributed by atoms with van der Waals surface area (Å²) in [5.41, 5.74) is 4.54. The largest absolute Gasteiger partial charge is 0.365 e. The first kappa shape index (κ1) is 15.8. The van der Waals surface area contributed by atoms with Crippen molar-refractivity contribution in [3.63, 3.8) is 0 Å². The van der Waals surface area contributed by atoms with Crippen molar-refractivity contribution >= 4 is 33.8 Å². The molecule has 4 nitrogen and oxygen atoms in total. The van der Waals surface area contributed by atoms with E-state index in [1.54, 1.807) is 11.8 Å². The van der Waals surface area contributed by atoms with E-state index in [4.69, 9.17) is 4.98 Å². The van der Waals surface area contributed by atoms with Gasteiger partial charge in [-0.2, -0.15) is 0 Å². The molecule has 0 atom stereocenters. The maximum atomic E-state index is 12.1. The SMILES string of the molecule is CC(=O)N(c1ccccc1)c1nc(CN2CCc3ccccc32)cs1. The van der Waals surface area contributed by atoms with E-state index in [1.165, 1.54) is 22.6 Å². The molecule has 1 aliphatic heterocycles. The van der Waals surface area contributed by atoms with Gasteiger partial charge < -0.3 is 4.90 Å². The van der Waals surface area contributed by atoms with E-state index in [9.17, 15) is 4.79 Å². The second kappa shape index (κ2) is 6.69. The van der Waals surface area contributed by atoms with Crippen LogP contribution in [0.1, 0.15) is 18.2 Å². The Balaban J connectivity index is 1.57. The molecule has 0 radical (unpaired) electrons. The molecule has 5 heteroatoms. The van der Waals surface area contributed by atoms with Crippen molar-refractivity contribution < 1.29 is 4.79 Å². The second-order valence-electron chi connectivity index (χ2n) is 6.11. The lowest BCUT2D eigenvalue weighted by Gasteiger charge is -2.19. The van der Waals surface area contributed by atoms with Gasteiger partial charge in [-0.3, -0.25) is 9.69 Å². The zero-order valence-electron chi connectivity index (χ0n) is 14.1. The van der Waals surface area contributed by atoms with Crippen molar-refractivity contribution in [1.82, 2.24) is 4.98 Å². The highest BCUT2D eigenvalue weighted by Crippen LogP contribution is 2.32. The van der Waals surface area contributed by atoms with Crippen LogP contribution in [-0.2, 0) is 17.8 Å². The number of aromatic nitrogens is 1. The monoisotopic (exact) mass is 349 g/mol. The third kappa shape index (κ3) is 3.15. The number of hydrogen-bond acceptors (Lipinski definition) is 4. The first-order chi connectivity index (χ1) is 12.2. The van der Waals surface area contributed by atoms with Crippen molar-refractivity contribution in [2.75, 3.05) is 16.3 Å². The Morgan fingerprint density at radius 1 is 1.16 bits per heavy atom. The summed E-state index contributed by atoms with van der Waals surface area (Å²) in [4.78, 5) is 20.9. The summed E-state index contributed by atoms with van der Waals surface area (Å²) < 4.78 is 0. The first-order valence-corrected chi connectivity index (χ1v) is 9.23. The van der Waals surface area contributed by atoms with Gasteiger partial charge in [0.05, 0.1) is 17.9 Å². The van der Waals surface area contributed by atoms with Crippen LogP contribution in [0.25, 0.3) is 0 Å². The lowest BCUT2D eigenvalue weighted by Crippen LogP contribution is -2.23. The van der Waals surface area contributed by atoms with E-state index in [0.29, 0.717) is 0 Å². The minimum Gasteiger partial charge on any atom is -0.365 e. The molecule has 0 unspecified atom stereocenters. The summed E-state index contributed by atoms with van der Waals surface area (Å²) in [6.07, 6.45) is 1.08. The molecule has 126 valence electrons. The van der Waals surface area contributed by atoms with E-state index in [2.05, 4.69) is 34.5 Å². The zero-order chi connectivity index (χ0) is 17.2. The minimum absolute atomic E-state index is 0.0291. The summed E-state index contributed by atoms with van der Waals surface area (Å²) >= 11 is 1.51. The van der Waals surface area contributed by atoms with E-state index in [-0.39, 0.29) is 5.91 Å². The number of amides is 1. The van der Waals surface area contributed by atoms with Crippen LogP contribution in [0.5, 0.6) is 0 Å². The van der Waals surface area contributed by atoms with Gasteiger partial charge >= 0.3 is 0 Å². The van der Waals surface area contributed by atoms with E-state index >= 15 is 0 Å². The van der Waals surface area contributed by atoms with Crippen LogP contribution in [0, 0.1) is 0 Å². The fourth-order valence-electron chi connectivity index (χ4n) is 3.24. The maximum Gasteiger partial charge on any atom is 0.230 e. The first-order valence-electron chi connectivity index (χ1n) is 8.35. The van der Waals surface area contributed by atoms with Gasteiger partial charge in [0.25, 0.3) is 0 Å². The van der Waals surface area contributed by atoms with Gasteiger partial charge in [0.2, 0.25) is 5.91 Å². The molecule has 1 amide bonds. The Morgan fingerprint density at radius 2 is 1.92 bits per heavy atom. The summed E-state index contributed by atoms with van der Waals surface area (Å²) in [7, 11) is 0. The fraction of sp³-hybridized carbons (Fsp3) is 0.200. The van der Waals surface area contributed by atoms with Crippen LogP contribution in [0.4, 0.5) is 16.5 Å². The zero-order valence-corrected chi connectivity index (χ0v) is 14.9. The number of hydrogen-bond donors (Lipinski definition) is 0. The molecular formula is C20H19N3OS.